The van der Waals surface area contributed by atoms with Crippen LogP contribution in [0.15, 0.2) is 48.7 Å². The van der Waals surface area contributed by atoms with Crippen molar-refractivity contribution < 1.29 is 5.11 Å². The summed E-state index contributed by atoms with van der Waals surface area (Å²) in [5.74, 6) is 0.189. The Labute approximate surface area is 145 Å². The summed E-state index contributed by atoms with van der Waals surface area (Å²) in [7, 11) is 4.18. The van der Waals surface area contributed by atoms with E-state index in [2.05, 4.69) is 56.0 Å². The monoisotopic (exact) mass is 324 g/mol. The average Bonchev–Trinajstić information content (AvgIpc) is 2.88. The molecule has 3 heteroatoms. The molecule has 3 nitrogen and oxygen atoms in total. The fourth-order valence-electron chi connectivity index (χ4n) is 4.20. The molecular weight excluding hydrogens is 296 g/mol. The van der Waals surface area contributed by atoms with Crippen LogP contribution in [-0.4, -0.2) is 35.6 Å². The maximum absolute atomic E-state index is 12.0. The van der Waals surface area contributed by atoms with Gasteiger partial charge in [-0.2, -0.15) is 0 Å². The lowest BCUT2D eigenvalue weighted by Crippen LogP contribution is -2.49. The molecule has 1 aliphatic carbocycles. The van der Waals surface area contributed by atoms with Gasteiger partial charge in [-0.3, -0.25) is 4.98 Å². The van der Waals surface area contributed by atoms with E-state index in [1.807, 2.05) is 30.5 Å². The summed E-state index contributed by atoms with van der Waals surface area (Å²) in [6.45, 7) is 5.22. The third-order valence-corrected chi connectivity index (χ3v) is 5.67. The van der Waals surface area contributed by atoms with Crippen LogP contribution in [0.2, 0.25) is 0 Å². The first-order valence-corrected chi connectivity index (χ1v) is 8.74. The first kappa shape index (κ1) is 17.1. The summed E-state index contributed by atoms with van der Waals surface area (Å²) in [5, 5.41) is 12.0. The van der Waals surface area contributed by atoms with Crippen LogP contribution in [-0.2, 0) is 17.4 Å². The Hall–Kier alpha value is -1.71. The van der Waals surface area contributed by atoms with E-state index in [0.29, 0.717) is 0 Å². The zero-order valence-electron chi connectivity index (χ0n) is 15.2. The molecule has 24 heavy (non-hydrogen) atoms. The number of fused-ring (bicyclic) bond motifs is 1. The van der Waals surface area contributed by atoms with Gasteiger partial charge in [0.2, 0.25) is 0 Å². The van der Waals surface area contributed by atoms with Gasteiger partial charge < -0.3 is 10.0 Å². The molecule has 0 amide bonds. The van der Waals surface area contributed by atoms with Crippen LogP contribution < -0.4 is 0 Å². The number of nitrogens with zero attached hydrogens (tertiary/aromatic N) is 2. The molecule has 128 valence electrons. The third kappa shape index (κ3) is 2.66. The summed E-state index contributed by atoms with van der Waals surface area (Å²) in [6, 6.07) is 14.3. The smallest absolute Gasteiger partial charge is 0.104 e. The van der Waals surface area contributed by atoms with Crippen molar-refractivity contribution in [1.82, 2.24) is 9.88 Å². The summed E-state index contributed by atoms with van der Waals surface area (Å²) < 4.78 is 0. The predicted octanol–water partition coefficient (Wildman–Crippen LogP) is 3.37. The molecule has 0 saturated heterocycles. The predicted molar refractivity (Wildman–Crippen MR) is 98.0 cm³/mol. The zero-order valence-corrected chi connectivity index (χ0v) is 15.2. The van der Waals surface area contributed by atoms with Gasteiger partial charge in [0.25, 0.3) is 0 Å². The minimum atomic E-state index is -0.909. The van der Waals surface area contributed by atoms with Gasteiger partial charge in [0.15, 0.2) is 0 Å². The molecule has 2 aromatic rings. The van der Waals surface area contributed by atoms with Gasteiger partial charge in [-0.1, -0.05) is 44.2 Å². The molecule has 0 spiro atoms. The molecule has 1 aliphatic rings. The molecule has 2 unspecified atom stereocenters. The first-order valence-electron chi connectivity index (χ1n) is 8.74. The van der Waals surface area contributed by atoms with E-state index in [-0.39, 0.29) is 5.92 Å². The van der Waals surface area contributed by atoms with E-state index < -0.39 is 11.0 Å². The Morgan fingerprint density at radius 1 is 1.17 bits per heavy atom. The molecule has 1 aromatic carbocycles. The highest BCUT2D eigenvalue weighted by molar-refractivity contribution is 5.43. The first-order chi connectivity index (χ1) is 11.4. The molecule has 2 atom stereocenters. The minimum absolute atomic E-state index is 0.189. The number of pyridine rings is 1. The van der Waals surface area contributed by atoms with Gasteiger partial charge in [0.1, 0.15) is 5.60 Å². The largest absolute Gasteiger partial charge is 0.384 e. The van der Waals surface area contributed by atoms with Gasteiger partial charge >= 0.3 is 0 Å². The third-order valence-electron chi connectivity index (χ3n) is 5.67. The van der Waals surface area contributed by atoms with Crippen molar-refractivity contribution in [3.63, 3.8) is 0 Å². The van der Waals surface area contributed by atoms with Gasteiger partial charge in [0.05, 0.1) is 0 Å². The van der Waals surface area contributed by atoms with E-state index in [1.165, 1.54) is 5.56 Å². The molecule has 1 aromatic heterocycles. The molecule has 0 bridgehead atoms. The summed E-state index contributed by atoms with van der Waals surface area (Å²) >= 11 is 0. The molecule has 0 saturated carbocycles. The van der Waals surface area contributed by atoms with Crippen LogP contribution in [0.5, 0.6) is 0 Å². The topological polar surface area (TPSA) is 36.4 Å². The van der Waals surface area contributed by atoms with Crippen LogP contribution in [0.25, 0.3) is 0 Å². The van der Waals surface area contributed by atoms with Crippen LogP contribution in [0.4, 0.5) is 0 Å². The Balaban J connectivity index is 2.08. The number of benzene rings is 1. The fraction of sp³-hybridized carbons (Fsp3) is 0.476. The van der Waals surface area contributed by atoms with Crippen molar-refractivity contribution in [2.75, 3.05) is 20.6 Å². The summed E-state index contributed by atoms with van der Waals surface area (Å²) in [5.41, 5.74) is 1.92. The zero-order chi connectivity index (χ0) is 17.4. The van der Waals surface area contributed by atoms with E-state index in [1.54, 1.807) is 0 Å². The molecule has 0 radical (unpaired) electrons. The van der Waals surface area contributed by atoms with E-state index >= 15 is 0 Å². The molecule has 0 aliphatic heterocycles. The van der Waals surface area contributed by atoms with Gasteiger partial charge in [0, 0.05) is 17.3 Å². The summed E-state index contributed by atoms with van der Waals surface area (Å²) in [4.78, 5) is 6.76. The SMILES string of the molecule is CN(C)CCC1Cc2ccccc2C1(O)C(C)(C)c1ccccn1. The molecular formula is C21H28N2O. The highest BCUT2D eigenvalue weighted by atomic mass is 16.3. The van der Waals surface area contributed by atoms with Crippen LogP contribution >= 0.6 is 0 Å². The second-order valence-corrected chi connectivity index (χ2v) is 7.76. The van der Waals surface area contributed by atoms with Crippen LogP contribution in [0.1, 0.15) is 37.1 Å². The van der Waals surface area contributed by atoms with Gasteiger partial charge in [-0.25, -0.2) is 0 Å². The Morgan fingerprint density at radius 3 is 2.54 bits per heavy atom. The van der Waals surface area contributed by atoms with E-state index in [4.69, 9.17) is 0 Å². The molecule has 1 N–H and O–H groups in total. The van der Waals surface area contributed by atoms with Gasteiger partial charge in [-0.15, -0.1) is 0 Å². The molecule has 3 rings (SSSR count). The second kappa shape index (κ2) is 6.30. The van der Waals surface area contributed by atoms with Crippen molar-refractivity contribution >= 4 is 0 Å². The fourth-order valence-corrected chi connectivity index (χ4v) is 4.20. The molecule has 1 heterocycles. The number of rotatable bonds is 5. The standard InChI is InChI=1S/C21H28N2O/c1-20(2,19-11-7-8-13-22-19)21(24)17(12-14-23(3)4)15-16-9-5-6-10-18(16)21/h5-11,13,17,24H,12,14-15H2,1-4H3. The number of hydrogen-bond donors (Lipinski definition) is 1. The van der Waals surface area contributed by atoms with E-state index in [0.717, 1.165) is 30.6 Å². The lowest BCUT2D eigenvalue weighted by atomic mass is 9.64. The van der Waals surface area contributed by atoms with Crippen molar-refractivity contribution in [2.45, 2.75) is 37.7 Å². The maximum atomic E-state index is 12.0. The lowest BCUT2D eigenvalue weighted by molar-refractivity contribution is -0.0782. The quantitative estimate of drug-likeness (QED) is 0.916. The average molecular weight is 324 g/mol. The number of aliphatic hydroxyl groups is 1. The second-order valence-electron chi connectivity index (χ2n) is 7.76. The van der Waals surface area contributed by atoms with Crippen LogP contribution in [0.3, 0.4) is 0 Å². The van der Waals surface area contributed by atoms with Crippen molar-refractivity contribution in [1.29, 1.82) is 0 Å². The Kier molecular flexibility index (Phi) is 4.50. The highest BCUT2D eigenvalue weighted by Gasteiger charge is 2.55. The van der Waals surface area contributed by atoms with Crippen LogP contribution in [0, 0.1) is 5.92 Å². The Morgan fingerprint density at radius 2 is 1.88 bits per heavy atom. The minimum Gasteiger partial charge on any atom is -0.384 e. The van der Waals surface area contributed by atoms with Crippen molar-refractivity contribution in [3.05, 3.63) is 65.5 Å². The highest BCUT2D eigenvalue weighted by Crippen LogP contribution is 2.53. The Bertz CT molecular complexity index is 696. The maximum Gasteiger partial charge on any atom is 0.104 e. The molecule has 0 fully saturated rings. The van der Waals surface area contributed by atoms with Crippen molar-refractivity contribution in [3.8, 4) is 0 Å². The summed E-state index contributed by atoms with van der Waals surface area (Å²) in [6.07, 6.45) is 3.71. The lowest BCUT2D eigenvalue weighted by Gasteiger charge is -2.45. The van der Waals surface area contributed by atoms with Crippen molar-refractivity contribution in [2.24, 2.45) is 5.92 Å². The normalized spacial score (nSPS) is 23.5. The van der Waals surface area contributed by atoms with Gasteiger partial charge in [-0.05, 0) is 62.7 Å². The van der Waals surface area contributed by atoms with E-state index in [9.17, 15) is 5.11 Å². The number of aromatic nitrogens is 1. The number of hydrogen-bond acceptors (Lipinski definition) is 3.